The SMILES string of the molecule is COc1cccc(CCC(=O)Cc2sc3c(c2C#N)CCC(COC(=O)N2CCCC2)C3)c1. The van der Waals surface area contributed by atoms with Gasteiger partial charge in [-0.1, -0.05) is 12.1 Å². The lowest BCUT2D eigenvalue weighted by Gasteiger charge is -2.23. The number of likely N-dealkylation sites (tertiary alicyclic amines) is 1. The second-order valence-corrected chi connectivity index (χ2v) is 10.1. The van der Waals surface area contributed by atoms with E-state index in [1.165, 1.54) is 4.88 Å². The smallest absolute Gasteiger partial charge is 0.409 e. The molecule has 1 aliphatic carbocycles. The van der Waals surface area contributed by atoms with Crippen molar-refractivity contribution in [3.8, 4) is 11.8 Å². The molecular formula is C26H30N2O4S. The Kier molecular flexibility index (Phi) is 7.66. The summed E-state index contributed by atoms with van der Waals surface area (Å²) in [5.74, 6) is 1.20. The van der Waals surface area contributed by atoms with Crippen LogP contribution in [0.2, 0.25) is 0 Å². The van der Waals surface area contributed by atoms with E-state index < -0.39 is 0 Å². The number of nitrogens with zero attached hydrogens (tertiary/aromatic N) is 2. The van der Waals surface area contributed by atoms with Gasteiger partial charge in [-0.3, -0.25) is 4.79 Å². The number of Topliss-reactive ketones (excluding diaryl/α,β-unsaturated/α-hetero) is 1. The summed E-state index contributed by atoms with van der Waals surface area (Å²) in [5.41, 5.74) is 2.86. The maximum Gasteiger partial charge on any atom is 0.409 e. The minimum absolute atomic E-state index is 0.143. The lowest BCUT2D eigenvalue weighted by molar-refractivity contribution is -0.118. The van der Waals surface area contributed by atoms with Crippen LogP contribution in [0.25, 0.3) is 0 Å². The molecule has 6 nitrogen and oxygen atoms in total. The monoisotopic (exact) mass is 466 g/mol. The Hall–Kier alpha value is -2.85. The third-order valence-corrected chi connectivity index (χ3v) is 7.80. The molecule has 2 heterocycles. The first-order valence-electron chi connectivity index (χ1n) is 11.7. The van der Waals surface area contributed by atoms with Crippen molar-refractivity contribution in [1.29, 1.82) is 5.26 Å². The fraction of sp³-hybridized carbons (Fsp3) is 0.500. The standard InChI is InChI=1S/C26H30N2O4S/c1-31-21-6-4-5-18(13-21)7-9-20(29)15-25-23(16-27)22-10-8-19(14-24(22)33-25)17-32-26(30)28-11-2-3-12-28/h4-6,13,19H,2-3,7-12,14-15,17H2,1H3. The van der Waals surface area contributed by atoms with Gasteiger partial charge in [-0.15, -0.1) is 11.3 Å². The molecule has 1 aliphatic heterocycles. The van der Waals surface area contributed by atoms with Crippen molar-refractivity contribution in [2.75, 3.05) is 26.8 Å². The van der Waals surface area contributed by atoms with Crippen molar-refractivity contribution in [3.63, 3.8) is 0 Å². The number of aryl methyl sites for hydroxylation is 1. The zero-order valence-corrected chi connectivity index (χ0v) is 19.9. The van der Waals surface area contributed by atoms with E-state index in [-0.39, 0.29) is 17.8 Å². The molecule has 1 saturated heterocycles. The number of rotatable bonds is 8. The first-order valence-corrected chi connectivity index (χ1v) is 12.5. The normalized spacial score (nSPS) is 17.3. The van der Waals surface area contributed by atoms with Crippen molar-refractivity contribution in [1.82, 2.24) is 4.90 Å². The average Bonchev–Trinajstić information content (AvgIpc) is 3.49. The van der Waals surface area contributed by atoms with Gasteiger partial charge >= 0.3 is 6.09 Å². The second-order valence-electron chi connectivity index (χ2n) is 8.86. The molecule has 7 heteroatoms. The predicted molar refractivity (Wildman–Crippen MR) is 127 cm³/mol. The molecule has 1 aromatic carbocycles. The van der Waals surface area contributed by atoms with E-state index in [1.807, 2.05) is 24.3 Å². The van der Waals surface area contributed by atoms with Crippen LogP contribution in [-0.4, -0.2) is 43.6 Å². The number of methoxy groups -OCH3 is 1. The molecule has 0 saturated carbocycles. The molecule has 1 amide bonds. The van der Waals surface area contributed by atoms with Crippen molar-refractivity contribution in [3.05, 3.63) is 50.7 Å². The molecular weight excluding hydrogens is 436 g/mol. The summed E-state index contributed by atoms with van der Waals surface area (Å²) in [6.45, 7) is 2.00. The third kappa shape index (κ3) is 5.75. The molecule has 4 rings (SSSR count). The number of carbonyl (C=O) groups excluding carboxylic acids is 2. The van der Waals surface area contributed by atoms with E-state index in [9.17, 15) is 14.9 Å². The van der Waals surface area contributed by atoms with Gasteiger partial charge < -0.3 is 14.4 Å². The summed E-state index contributed by atoms with van der Waals surface area (Å²) in [6, 6.07) is 10.1. The number of carbonyl (C=O) groups is 2. The number of thiophene rings is 1. The van der Waals surface area contributed by atoms with Crippen LogP contribution >= 0.6 is 11.3 Å². The van der Waals surface area contributed by atoms with Crippen molar-refractivity contribution in [2.45, 2.75) is 51.4 Å². The number of hydrogen-bond acceptors (Lipinski definition) is 6. The highest BCUT2D eigenvalue weighted by molar-refractivity contribution is 7.12. The van der Waals surface area contributed by atoms with Crippen molar-refractivity contribution >= 4 is 23.2 Å². The summed E-state index contributed by atoms with van der Waals surface area (Å²) < 4.78 is 10.8. The summed E-state index contributed by atoms with van der Waals surface area (Å²) in [6.07, 6.45) is 5.81. The molecule has 0 radical (unpaired) electrons. The van der Waals surface area contributed by atoms with Crippen LogP contribution in [0.1, 0.15) is 52.1 Å². The number of hydrogen-bond donors (Lipinski definition) is 0. The van der Waals surface area contributed by atoms with Gasteiger partial charge in [0.15, 0.2) is 0 Å². The average molecular weight is 467 g/mol. The Bertz CT molecular complexity index is 1050. The van der Waals surface area contributed by atoms with Gasteiger partial charge in [0.2, 0.25) is 0 Å². The number of amides is 1. The molecule has 0 N–H and O–H groups in total. The number of benzene rings is 1. The highest BCUT2D eigenvalue weighted by Crippen LogP contribution is 2.37. The maximum absolute atomic E-state index is 12.7. The van der Waals surface area contributed by atoms with Crippen molar-refractivity contribution in [2.24, 2.45) is 5.92 Å². The summed E-state index contributed by atoms with van der Waals surface area (Å²) in [4.78, 5) is 28.7. The topological polar surface area (TPSA) is 79.6 Å². The quantitative estimate of drug-likeness (QED) is 0.563. The van der Waals surface area contributed by atoms with Crippen LogP contribution in [0.5, 0.6) is 5.75 Å². The Balaban J connectivity index is 1.33. The Morgan fingerprint density at radius 2 is 2.09 bits per heavy atom. The fourth-order valence-corrected chi connectivity index (χ4v) is 6.11. The Morgan fingerprint density at radius 3 is 2.85 bits per heavy atom. The van der Waals surface area contributed by atoms with Gasteiger partial charge in [0, 0.05) is 35.7 Å². The molecule has 2 aliphatic rings. The highest BCUT2D eigenvalue weighted by atomic mass is 32.1. The number of fused-ring (bicyclic) bond motifs is 1. The van der Waals surface area contributed by atoms with E-state index >= 15 is 0 Å². The molecule has 0 spiro atoms. The van der Waals surface area contributed by atoms with Crippen LogP contribution in [0.15, 0.2) is 24.3 Å². The second kappa shape index (κ2) is 10.8. The van der Waals surface area contributed by atoms with E-state index in [2.05, 4.69) is 6.07 Å². The van der Waals surface area contributed by atoms with E-state index in [0.717, 1.165) is 66.9 Å². The third-order valence-electron chi connectivity index (χ3n) is 6.54. The largest absolute Gasteiger partial charge is 0.497 e. The first kappa shape index (κ1) is 23.3. The Labute approximate surface area is 199 Å². The van der Waals surface area contributed by atoms with Gasteiger partial charge in [-0.2, -0.15) is 5.26 Å². The summed E-state index contributed by atoms with van der Waals surface area (Å²) in [5, 5.41) is 9.76. The van der Waals surface area contributed by atoms with Gasteiger partial charge in [0.05, 0.1) is 19.3 Å². The molecule has 0 bridgehead atoms. The van der Waals surface area contributed by atoms with E-state index in [1.54, 1.807) is 23.3 Å². The van der Waals surface area contributed by atoms with Crippen LogP contribution in [0.3, 0.4) is 0 Å². The minimum atomic E-state index is -0.204. The van der Waals surface area contributed by atoms with Gasteiger partial charge in [0.25, 0.3) is 0 Å². The minimum Gasteiger partial charge on any atom is -0.497 e. The zero-order chi connectivity index (χ0) is 23.2. The van der Waals surface area contributed by atoms with Crippen LogP contribution in [0, 0.1) is 17.2 Å². The van der Waals surface area contributed by atoms with Crippen LogP contribution < -0.4 is 4.74 Å². The predicted octanol–water partition coefficient (Wildman–Crippen LogP) is 4.71. The lowest BCUT2D eigenvalue weighted by atomic mass is 9.87. The maximum atomic E-state index is 12.7. The summed E-state index contributed by atoms with van der Waals surface area (Å²) >= 11 is 1.59. The molecule has 1 atom stereocenters. The lowest BCUT2D eigenvalue weighted by Crippen LogP contribution is -2.30. The van der Waals surface area contributed by atoms with E-state index in [0.29, 0.717) is 31.4 Å². The van der Waals surface area contributed by atoms with Gasteiger partial charge in [-0.05, 0) is 67.7 Å². The van der Waals surface area contributed by atoms with Crippen molar-refractivity contribution < 1.29 is 19.1 Å². The van der Waals surface area contributed by atoms with Gasteiger partial charge in [0.1, 0.15) is 17.6 Å². The molecule has 174 valence electrons. The molecule has 2 aromatic rings. The molecule has 1 fully saturated rings. The van der Waals surface area contributed by atoms with E-state index in [4.69, 9.17) is 9.47 Å². The molecule has 1 unspecified atom stereocenters. The van der Waals surface area contributed by atoms with Crippen LogP contribution in [0.4, 0.5) is 4.79 Å². The number of nitriles is 1. The fourth-order valence-electron chi connectivity index (χ4n) is 4.67. The number of ketones is 1. The van der Waals surface area contributed by atoms with Crippen LogP contribution in [-0.2, 0) is 35.2 Å². The van der Waals surface area contributed by atoms with Gasteiger partial charge in [-0.25, -0.2) is 4.79 Å². The summed E-state index contributed by atoms with van der Waals surface area (Å²) in [7, 11) is 1.63. The highest BCUT2D eigenvalue weighted by Gasteiger charge is 2.28. The number of ether oxygens (including phenoxy) is 2. The first-order chi connectivity index (χ1) is 16.1. The molecule has 33 heavy (non-hydrogen) atoms. The molecule has 1 aromatic heterocycles. The zero-order valence-electron chi connectivity index (χ0n) is 19.1. The Morgan fingerprint density at radius 1 is 1.27 bits per heavy atom.